The summed E-state index contributed by atoms with van der Waals surface area (Å²) in [6.45, 7) is 6.47. The summed E-state index contributed by atoms with van der Waals surface area (Å²) in [5.41, 5.74) is 3.10. The third-order valence-electron chi connectivity index (χ3n) is 5.00. The highest BCUT2D eigenvalue weighted by atomic mass is 32.2. The van der Waals surface area contributed by atoms with Crippen molar-refractivity contribution in [3.63, 3.8) is 0 Å². The maximum Gasteiger partial charge on any atom is 0.214 e. The summed E-state index contributed by atoms with van der Waals surface area (Å²) in [4.78, 5) is 2.29. The van der Waals surface area contributed by atoms with Crippen molar-refractivity contribution in [1.29, 1.82) is 0 Å². The number of hydrogen-bond donors (Lipinski definition) is 1. The topological polar surface area (TPSA) is 93.3 Å². The highest BCUT2D eigenvalue weighted by molar-refractivity contribution is 7.90. The molecule has 0 saturated heterocycles. The van der Waals surface area contributed by atoms with Crippen molar-refractivity contribution in [1.82, 2.24) is 24.6 Å². The smallest absolute Gasteiger partial charge is 0.214 e. The van der Waals surface area contributed by atoms with Crippen LogP contribution in [-0.2, 0) is 23.1 Å². The number of aromatic nitrogens is 3. The minimum absolute atomic E-state index is 0.0206. The molecule has 2 aromatic heterocycles. The number of aryl methyl sites for hydroxylation is 2. The van der Waals surface area contributed by atoms with E-state index in [9.17, 15) is 8.42 Å². The lowest BCUT2D eigenvalue weighted by Gasteiger charge is -2.34. The summed E-state index contributed by atoms with van der Waals surface area (Å²) in [7, 11) is -3.19. The monoisotopic (exact) mass is 365 g/mol. The molecular formula is C16H23N5O3S. The van der Waals surface area contributed by atoms with Crippen LogP contribution in [0.15, 0.2) is 16.8 Å². The van der Waals surface area contributed by atoms with Gasteiger partial charge in [0.25, 0.3) is 0 Å². The van der Waals surface area contributed by atoms with Crippen LogP contribution < -0.4 is 4.72 Å². The van der Waals surface area contributed by atoms with Gasteiger partial charge in [-0.1, -0.05) is 5.16 Å². The third-order valence-corrected chi connectivity index (χ3v) is 6.92. The number of fused-ring (bicyclic) bond motifs is 1. The van der Waals surface area contributed by atoms with Gasteiger partial charge in [0.15, 0.2) is 0 Å². The van der Waals surface area contributed by atoms with Crippen molar-refractivity contribution in [3.05, 3.63) is 35.0 Å². The fourth-order valence-electron chi connectivity index (χ4n) is 3.40. The number of nitrogens with one attached hydrogen (secondary N) is 1. The molecule has 0 unspecified atom stereocenters. The molecule has 1 aliphatic heterocycles. The molecule has 1 saturated carbocycles. The van der Waals surface area contributed by atoms with E-state index in [1.165, 1.54) is 0 Å². The predicted octanol–water partition coefficient (Wildman–Crippen LogP) is 1.13. The van der Waals surface area contributed by atoms with Gasteiger partial charge in [-0.25, -0.2) is 13.1 Å². The molecule has 8 nitrogen and oxygen atoms in total. The van der Waals surface area contributed by atoms with Gasteiger partial charge in [-0.15, -0.1) is 0 Å². The minimum Gasteiger partial charge on any atom is -0.361 e. The van der Waals surface area contributed by atoms with Gasteiger partial charge in [0, 0.05) is 37.9 Å². The van der Waals surface area contributed by atoms with Crippen LogP contribution in [0.25, 0.3) is 0 Å². The number of rotatable bonds is 6. The van der Waals surface area contributed by atoms with E-state index in [4.69, 9.17) is 4.52 Å². The van der Waals surface area contributed by atoms with Crippen LogP contribution >= 0.6 is 0 Å². The van der Waals surface area contributed by atoms with Crippen molar-refractivity contribution in [3.8, 4) is 0 Å². The SMILES string of the molecule is Cc1noc(C)c1CN1Cc2ccnn2[C@H](CNS(=O)(=O)C2CC2)C1. The van der Waals surface area contributed by atoms with Gasteiger partial charge in [0.1, 0.15) is 5.76 Å². The van der Waals surface area contributed by atoms with Crippen molar-refractivity contribution >= 4 is 10.0 Å². The number of nitrogens with zero attached hydrogens (tertiary/aromatic N) is 4. The lowest BCUT2D eigenvalue weighted by atomic mass is 10.1. The summed E-state index contributed by atoms with van der Waals surface area (Å²) in [6.07, 6.45) is 3.31. The van der Waals surface area contributed by atoms with Crippen molar-refractivity contribution < 1.29 is 12.9 Å². The molecule has 9 heteroatoms. The summed E-state index contributed by atoms with van der Waals surface area (Å²) < 4.78 is 34.3. The Hall–Kier alpha value is -1.71. The van der Waals surface area contributed by atoms with E-state index in [1.54, 1.807) is 6.20 Å². The Bertz CT molecular complexity index is 849. The first-order valence-electron chi connectivity index (χ1n) is 8.59. The van der Waals surface area contributed by atoms with Gasteiger partial charge in [0.2, 0.25) is 10.0 Å². The molecule has 0 amide bonds. The normalized spacial score (nSPS) is 21.4. The van der Waals surface area contributed by atoms with Crippen LogP contribution in [0.3, 0.4) is 0 Å². The Morgan fingerprint density at radius 1 is 1.36 bits per heavy atom. The molecule has 0 bridgehead atoms. The Kier molecular flexibility index (Phi) is 4.17. The Morgan fingerprint density at radius 3 is 2.84 bits per heavy atom. The molecule has 136 valence electrons. The molecule has 2 aromatic rings. The molecule has 25 heavy (non-hydrogen) atoms. The van der Waals surface area contributed by atoms with E-state index >= 15 is 0 Å². The predicted molar refractivity (Wildman–Crippen MR) is 91.3 cm³/mol. The van der Waals surface area contributed by atoms with E-state index in [-0.39, 0.29) is 11.3 Å². The quantitative estimate of drug-likeness (QED) is 0.825. The van der Waals surface area contributed by atoms with Crippen LogP contribution in [0.5, 0.6) is 0 Å². The molecule has 3 heterocycles. The second-order valence-electron chi connectivity index (χ2n) is 6.99. The zero-order valence-corrected chi connectivity index (χ0v) is 15.3. The van der Waals surface area contributed by atoms with Gasteiger partial charge in [0.05, 0.1) is 22.7 Å². The highest BCUT2D eigenvalue weighted by Gasteiger charge is 2.36. The van der Waals surface area contributed by atoms with E-state index in [1.807, 2.05) is 24.6 Å². The van der Waals surface area contributed by atoms with Crippen LogP contribution in [0.2, 0.25) is 0 Å². The Morgan fingerprint density at radius 2 is 2.16 bits per heavy atom. The van der Waals surface area contributed by atoms with Crippen LogP contribution in [0, 0.1) is 13.8 Å². The van der Waals surface area contributed by atoms with Crippen LogP contribution in [0.1, 0.15) is 41.6 Å². The zero-order valence-electron chi connectivity index (χ0n) is 14.5. The van der Waals surface area contributed by atoms with E-state index < -0.39 is 10.0 Å². The lowest BCUT2D eigenvalue weighted by molar-refractivity contribution is 0.167. The fourth-order valence-corrected chi connectivity index (χ4v) is 4.81. The van der Waals surface area contributed by atoms with Gasteiger partial charge in [-0.2, -0.15) is 5.10 Å². The van der Waals surface area contributed by atoms with E-state index in [0.29, 0.717) is 6.54 Å². The maximum absolute atomic E-state index is 12.1. The molecule has 0 spiro atoms. The van der Waals surface area contributed by atoms with Gasteiger partial charge >= 0.3 is 0 Å². The number of hydrogen-bond acceptors (Lipinski definition) is 6. The molecule has 1 fully saturated rings. The second-order valence-corrected chi connectivity index (χ2v) is 9.03. The molecule has 2 aliphatic rings. The third kappa shape index (κ3) is 3.36. The average molecular weight is 365 g/mol. The summed E-state index contributed by atoms with van der Waals surface area (Å²) in [5.74, 6) is 0.836. The van der Waals surface area contributed by atoms with Gasteiger partial charge in [-0.3, -0.25) is 9.58 Å². The van der Waals surface area contributed by atoms with Gasteiger partial charge in [-0.05, 0) is 32.8 Å². The molecule has 0 radical (unpaired) electrons. The Labute approximate surface area is 147 Å². The highest BCUT2D eigenvalue weighted by Crippen LogP contribution is 2.28. The molecule has 1 aliphatic carbocycles. The van der Waals surface area contributed by atoms with Crippen LogP contribution in [-0.4, -0.2) is 46.6 Å². The summed E-state index contributed by atoms with van der Waals surface area (Å²) >= 11 is 0. The van der Waals surface area contributed by atoms with Gasteiger partial charge < -0.3 is 4.52 Å². The number of sulfonamides is 1. The first-order valence-corrected chi connectivity index (χ1v) is 10.1. The molecule has 4 rings (SSSR count). The minimum atomic E-state index is -3.19. The van der Waals surface area contributed by atoms with Crippen LogP contribution in [0.4, 0.5) is 0 Å². The molecule has 1 atom stereocenters. The van der Waals surface area contributed by atoms with E-state index in [0.717, 1.165) is 55.2 Å². The fraction of sp³-hybridized carbons (Fsp3) is 0.625. The summed E-state index contributed by atoms with van der Waals surface area (Å²) in [5, 5.41) is 8.21. The average Bonchev–Trinajstić information content (AvgIpc) is 3.27. The van der Waals surface area contributed by atoms with Crippen molar-refractivity contribution in [2.75, 3.05) is 13.1 Å². The zero-order chi connectivity index (χ0) is 17.6. The van der Waals surface area contributed by atoms with E-state index in [2.05, 4.69) is 19.9 Å². The molecule has 0 aromatic carbocycles. The maximum atomic E-state index is 12.1. The standard InChI is InChI=1S/C16H23N5O3S/c1-11-16(12(2)24-19-11)10-20-8-13-5-6-17-21(13)14(9-20)7-18-25(22,23)15-3-4-15/h5-6,14-15,18H,3-4,7-10H2,1-2H3/t14-/m1/s1. The first-order chi connectivity index (χ1) is 11.9. The van der Waals surface area contributed by atoms with Crippen molar-refractivity contribution in [2.24, 2.45) is 0 Å². The molecular weight excluding hydrogens is 342 g/mol. The van der Waals surface area contributed by atoms with Crippen molar-refractivity contribution in [2.45, 2.75) is 51.1 Å². The molecule has 1 N–H and O–H groups in total. The largest absolute Gasteiger partial charge is 0.361 e. The summed E-state index contributed by atoms with van der Waals surface area (Å²) in [6, 6.07) is 1.97. The Balaban J connectivity index is 1.49. The second kappa shape index (κ2) is 6.22. The lowest BCUT2D eigenvalue weighted by Crippen LogP contribution is -2.43. The first kappa shape index (κ1) is 16.7.